The maximum Gasteiger partial charge on any atom is 0.0935 e. The minimum Gasteiger partial charge on any atom is -0.472 e. The van der Waals surface area contributed by atoms with E-state index in [0.717, 1.165) is 24.8 Å². The highest BCUT2D eigenvalue weighted by molar-refractivity contribution is 5.27. The van der Waals surface area contributed by atoms with Crippen LogP contribution in [0.15, 0.2) is 53.3 Å². The fourth-order valence-electron chi connectivity index (χ4n) is 3.11. The Labute approximate surface area is 121 Å². The first-order chi connectivity index (χ1) is 9.88. The van der Waals surface area contributed by atoms with Gasteiger partial charge < -0.3 is 9.73 Å². The van der Waals surface area contributed by atoms with Crippen molar-refractivity contribution in [3.8, 4) is 0 Å². The summed E-state index contributed by atoms with van der Waals surface area (Å²) in [5.41, 5.74) is 2.80. The zero-order valence-electron chi connectivity index (χ0n) is 12.1. The van der Waals surface area contributed by atoms with Crippen LogP contribution in [0.5, 0.6) is 0 Å². The predicted molar refractivity (Wildman–Crippen MR) is 81.8 cm³/mol. The van der Waals surface area contributed by atoms with Crippen LogP contribution >= 0.6 is 0 Å². The number of hydrogen-bond donors (Lipinski definition) is 1. The zero-order valence-corrected chi connectivity index (χ0v) is 12.1. The van der Waals surface area contributed by atoms with Gasteiger partial charge in [0.1, 0.15) is 0 Å². The molecule has 1 heterocycles. The lowest BCUT2D eigenvalue weighted by atomic mass is 10.00. The summed E-state index contributed by atoms with van der Waals surface area (Å²) in [5, 5.41) is 3.73. The van der Waals surface area contributed by atoms with Crippen LogP contribution in [0.25, 0.3) is 0 Å². The molecule has 3 rings (SSSR count). The molecule has 0 radical (unpaired) electrons. The molecule has 3 unspecified atom stereocenters. The Balaban J connectivity index is 1.65. The summed E-state index contributed by atoms with van der Waals surface area (Å²) in [6.07, 6.45) is 7.21. The SMILES string of the molecule is CCCNC(Cc1ccoc1)C1CC1c1ccccc1. The lowest BCUT2D eigenvalue weighted by molar-refractivity contribution is 0.450. The van der Waals surface area contributed by atoms with Gasteiger partial charge in [-0.3, -0.25) is 0 Å². The van der Waals surface area contributed by atoms with Crippen LogP contribution < -0.4 is 5.32 Å². The van der Waals surface area contributed by atoms with Crippen molar-refractivity contribution in [1.82, 2.24) is 5.32 Å². The van der Waals surface area contributed by atoms with Gasteiger partial charge >= 0.3 is 0 Å². The number of nitrogens with one attached hydrogen (secondary N) is 1. The fraction of sp³-hybridized carbons (Fsp3) is 0.444. The van der Waals surface area contributed by atoms with Crippen molar-refractivity contribution in [2.24, 2.45) is 5.92 Å². The van der Waals surface area contributed by atoms with E-state index in [0.29, 0.717) is 6.04 Å². The van der Waals surface area contributed by atoms with E-state index in [1.807, 2.05) is 6.26 Å². The Morgan fingerprint density at radius 1 is 1.25 bits per heavy atom. The van der Waals surface area contributed by atoms with E-state index in [-0.39, 0.29) is 0 Å². The number of rotatable bonds is 7. The summed E-state index contributed by atoms with van der Waals surface area (Å²) < 4.78 is 5.20. The molecule has 2 heteroatoms. The van der Waals surface area contributed by atoms with E-state index in [2.05, 4.69) is 48.6 Å². The molecule has 0 amide bonds. The average molecular weight is 269 g/mol. The van der Waals surface area contributed by atoms with Crippen LogP contribution in [0.1, 0.15) is 36.8 Å². The van der Waals surface area contributed by atoms with Crippen molar-refractivity contribution >= 4 is 0 Å². The molecule has 1 N–H and O–H groups in total. The molecule has 20 heavy (non-hydrogen) atoms. The second-order valence-corrected chi connectivity index (χ2v) is 5.81. The van der Waals surface area contributed by atoms with Crippen molar-refractivity contribution in [3.63, 3.8) is 0 Å². The normalized spacial score (nSPS) is 22.6. The Morgan fingerprint density at radius 3 is 2.80 bits per heavy atom. The van der Waals surface area contributed by atoms with Crippen molar-refractivity contribution < 1.29 is 4.42 Å². The summed E-state index contributed by atoms with van der Waals surface area (Å²) in [5.74, 6) is 1.50. The summed E-state index contributed by atoms with van der Waals surface area (Å²) in [6.45, 7) is 3.32. The van der Waals surface area contributed by atoms with Gasteiger partial charge in [-0.15, -0.1) is 0 Å². The highest BCUT2D eigenvalue weighted by atomic mass is 16.3. The first-order valence-corrected chi connectivity index (χ1v) is 7.68. The van der Waals surface area contributed by atoms with Gasteiger partial charge in [0.15, 0.2) is 0 Å². The minimum atomic E-state index is 0.567. The largest absolute Gasteiger partial charge is 0.472 e. The second kappa shape index (κ2) is 6.27. The van der Waals surface area contributed by atoms with E-state index in [1.54, 1.807) is 6.26 Å². The van der Waals surface area contributed by atoms with Crippen LogP contribution in [0.3, 0.4) is 0 Å². The van der Waals surface area contributed by atoms with Crippen LogP contribution in [0.2, 0.25) is 0 Å². The van der Waals surface area contributed by atoms with Crippen LogP contribution in [0, 0.1) is 5.92 Å². The lowest BCUT2D eigenvalue weighted by Crippen LogP contribution is -2.34. The van der Waals surface area contributed by atoms with Crippen LogP contribution in [0.4, 0.5) is 0 Å². The van der Waals surface area contributed by atoms with Gasteiger partial charge in [-0.2, -0.15) is 0 Å². The van der Waals surface area contributed by atoms with E-state index < -0.39 is 0 Å². The second-order valence-electron chi connectivity index (χ2n) is 5.81. The Bertz CT molecular complexity index is 505. The van der Waals surface area contributed by atoms with Gasteiger partial charge in [0.25, 0.3) is 0 Å². The topological polar surface area (TPSA) is 25.2 Å². The summed E-state index contributed by atoms with van der Waals surface area (Å²) in [6, 6.07) is 13.6. The molecule has 1 aliphatic rings. The van der Waals surface area contributed by atoms with Crippen LogP contribution in [-0.2, 0) is 6.42 Å². The lowest BCUT2D eigenvalue weighted by Gasteiger charge is -2.18. The Hall–Kier alpha value is -1.54. The van der Waals surface area contributed by atoms with Gasteiger partial charge in [-0.25, -0.2) is 0 Å². The summed E-state index contributed by atoms with van der Waals surface area (Å²) in [4.78, 5) is 0. The Kier molecular flexibility index (Phi) is 4.22. The zero-order chi connectivity index (χ0) is 13.8. The summed E-state index contributed by atoms with van der Waals surface area (Å²) in [7, 11) is 0. The third-order valence-electron chi connectivity index (χ3n) is 4.28. The fourth-order valence-corrected chi connectivity index (χ4v) is 3.11. The third-order valence-corrected chi connectivity index (χ3v) is 4.28. The van der Waals surface area contributed by atoms with Gasteiger partial charge in [0, 0.05) is 6.04 Å². The summed E-state index contributed by atoms with van der Waals surface area (Å²) >= 11 is 0. The molecule has 0 bridgehead atoms. The van der Waals surface area contributed by atoms with E-state index in [1.165, 1.54) is 24.0 Å². The average Bonchev–Trinajstić information content (AvgIpc) is 3.13. The van der Waals surface area contributed by atoms with Gasteiger partial charge in [0.2, 0.25) is 0 Å². The van der Waals surface area contributed by atoms with Gasteiger partial charge in [-0.05, 0) is 54.8 Å². The van der Waals surface area contributed by atoms with Crippen molar-refractivity contribution in [3.05, 3.63) is 60.1 Å². The molecule has 2 nitrogen and oxygen atoms in total. The van der Waals surface area contributed by atoms with Gasteiger partial charge in [0.05, 0.1) is 12.5 Å². The molecule has 1 fully saturated rings. The smallest absolute Gasteiger partial charge is 0.0935 e. The highest BCUT2D eigenvalue weighted by Crippen LogP contribution is 2.50. The van der Waals surface area contributed by atoms with E-state index in [9.17, 15) is 0 Å². The van der Waals surface area contributed by atoms with Crippen molar-refractivity contribution in [2.45, 2.75) is 38.1 Å². The molecule has 0 aliphatic heterocycles. The maximum absolute atomic E-state index is 5.20. The highest BCUT2D eigenvalue weighted by Gasteiger charge is 2.43. The number of hydrogen-bond acceptors (Lipinski definition) is 2. The molecule has 1 saturated carbocycles. The first kappa shape index (κ1) is 13.4. The molecular weight excluding hydrogens is 246 g/mol. The van der Waals surface area contributed by atoms with Crippen LogP contribution in [-0.4, -0.2) is 12.6 Å². The quantitative estimate of drug-likeness (QED) is 0.822. The number of benzene rings is 1. The first-order valence-electron chi connectivity index (χ1n) is 7.68. The molecule has 106 valence electrons. The Morgan fingerprint density at radius 2 is 2.10 bits per heavy atom. The minimum absolute atomic E-state index is 0.567. The number of furan rings is 1. The molecule has 1 aromatic carbocycles. The van der Waals surface area contributed by atoms with E-state index in [4.69, 9.17) is 4.42 Å². The molecule has 1 aromatic heterocycles. The molecule has 0 spiro atoms. The molecular formula is C18H23NO. The van der Waals surface area contributed by atoms with E-state index >= 15 is 0 Å². The molecule has 0 saturated heterocycles. The molecule has 1 aliphatic carbocycles. The monoisotopic (exact) mass is 269 g/mol. The molecule has 3 atom stereocenters. The maximum atomic E-state index is 5.20. The van der Waals surface area contributed by atoms with Gasteiger partial charge in [-0.1, -0.05) is 37.3 Å². The van der Waals surface area contributed by atoms with Crippen molar-refractivity contribution in [1.29, 1.82) is 0 Å². The molecule has 2 aromatic rings. The van der Waals surface area contributed by atoms with Crippen molar-refractivity contribution in [2.75, 3.05) is 6.54 Å². The predicted octanol–water partition coefficient (Wildman–Crippen LogP) is 3.99. The standard InChI is InChI=1S/C18H23NO/c1-2-9-19-18(11-14-8-10-20-13-14)17-12-16(17)15-6-4-3-5-7-15/h3-8,10,13,16-19H,2,9,11-12H2,1H3. The third kappa shape index (κ3) is 3.13.